The second kappa shape index (κ2) is 10.1. The molecule has 0 spiro atoms. The molecule has 0 bridgehead atoms. The van der Waals surface area contributed by atoms with E-state index in [0.717, 1.165) is 25.1 Å². The van der Waals surface area contributed by atoms with E-state index in [4.69, 9.17) is 0 Å². The van der Waals surface area contributed by atoms with Crippen LogP contribution in [0.1, 0.15) is 23.6 Å². The number of alkyl halides is 3. The fourth-order valence-electron chi connectivity index (χ4n) is 3.01. The lowest BCUT2D eigenvalue weighted by Gasteiger charge is -2.22. The van der Waals surface area contributed by atoms with Crippen LogP contribution >= 0.6 is 0 Å². The molecular weight excluding hydrogens is 420 g/mol. The number of hydrogen-bond acceptors (Lipinski definition) is 3. The van der Waals surface area contributed by atoms with Gasteiger partial charge in [0, 0.05) is 19.8 Å². The summed E-state index contributed by atoms with van der Waals surface area (Å²) in [4.78, 5) is 35.7. The number of carbonyl (C=O) groups is 3. The summed E-state index contributed by atoms with van der Waals surface area (Å²) in [6.45, 7) is 1.12. The Labute approximate surface area is 175 Å². The molecule has 2 atom stereocenters. The molecule has 6 nitrogen and oxygen atoms in total. The summed E-state index contributed by atoms with van der Waals surface area (Å²) in [5, 5.41) is 13.9. The minimum absolute atomic E-state index is 0.102. The van der Waals surface area contributed by atoms with Crippen molar-refractivity contribution in [2.24, 2.45) is 0 Å². The Morgan fingerprint density at radius 3 is 2.00 bits per heavy atom. The van der Waals surface area contributed by atoms with Crippen molar-refractivity contribution in [2.75, 3.05) is 0 Å². The van der Waals surface area contributed by atoms with Crippen LogP contribution in [0.15, 0.2) is 48.5 Å². The van der Waals surface area contributed by atoms with Crippen LogP contribution in [0.4, 0.5) is 17.6 Å². The predicted octanol–water partition coefficient (Wildman–Crippen LogP) is 2.70. The molecule has 3 N–H and O–H groups in total. The number of carboxylic acids is 1. The molecule has 0 saturated heterocycles. The van der Waals surface area contributed by atoms with E-state index in [2.05, 4.69) is 10.6 Å². The number of carbonyl (C=O) groups excluding carboxylic acids is 2. The first-order chi connectivity index (χ1) is 14.5. The van der Waals surface area contributed by atoms with Crippen LogP contribution in [0.2, 0.25) is 0 Å². The Hall–Kier alpha value is -3.43. The van der Waals surface area contributed by atoms with E-state index in [1.54, 1.807) is 0 Å². The summed E-state index contributed by atoms with van der Waals surface area (Å²) in [7, 11) is 0. The van der Waals surface area contributed by atoms with Crippen LogP contribution in [0, 0.1) is 5.82 Å². The molecule has 31 heavy (non-hydrogen) atoms. The van der Waals surface area contributed by atoms with Crippen LogP contribution in [-0.2, 0) is 33.4 Å². The summed E-state index contributed by atoms with van der Waals surface area (Å²) in [6.07, 6.45) is -5.61. The standard InChI is InChI=1S/C21H20F4N2O4/c1-12(28)26-17(11-14-7-3-5-9-16(14)22)19(29)27-18(20(30)31)10-13-6-2-4-8-15(13)21(23,24)25/h2-9,17-18H,10-11H2,1H3,(H,26,28)(H,27,29)(H,30,31)/t17-,18+/m1/s1. The lowest BCUT2D eigenvalue weighted by molar-refractivity contribution is -0.143. The van der Waals surface area contributed by atoms with Crippen LogP contribution < -0.4 is 10.6 Å². The number of carboxylic acid groups (broad SMARTS) is 1. The van der Waals surface area contributed by atoms with Gasteiger partial charge >= 0.3 is 12.1 Å². The zero-order chi connectivity index (χ0) is 23.2. The van der Waals surface area contributed by atoms with E-state index in [-0.39, 0.29) is 17.5 Å². The van der Waals surface area contributed by atoms with E-state index >= 15 is 0 Å². The Morgan fingerprint density at radius 1 is 0.903 bits per heavy atom. The highest BCUT2D eigenvalue weighted by Crippen LogP contribution is 2.32. The second-order valence-electron chi connectivity index (χ2n) is 6.81. The maximum atomic E-state index is 13.9. The zero-order valence-corrected chi connectivity index (χ0v) is 16.4. The summed E-state index contributed by atoms with van der Waals surface area (Å²) < 4.78 is 53.5. The number of amides is 2. The highest BCUT2D eigenvalue weighted by Gasteiger charge is 2.35. The van der Waals surface area contributed by atoms with Crippen molar-refractivity contribution >= 4 is 17.8 Å². The van der Waals surface area contributed by atoms with Gasteiger partial charge in [0.2, 0.25) is 11.8 Å². The largest absolute Gasteiger partial charge is 0.480 e. The minimum atomic E-state index is -4.70. The first kappa shape index (κ1) is 23.8. The molecule has 0 aliphatic heterocycles. The SMILES string of the molecule is CC(=O)N[C@H](Cc1ccccc1F)C(=O)N[C@@H](Cc1ccccc1C(F)(F)F)C(=O)O. The number of halogens is 4. The third kappa shape index (κ3) is 6.80. The van der Waals surface area contributed by atoms with Crippen LogP contribution in [0.3, 0.4) is 0 Å². The molecule has 2 amide bonds. The Kier molecular flexibility index (Phi) is 7.73. The quantitative estimate of drug-likeness (QED) is 0.550. The predicted molar refractivity (Wildman–Crippen MR) is 102 cm³/mol. The summed E-state index contributed by atoms with van der Waals surface area (Å²) in [6, 6.07) is 6.91. The number of aliphatic carboxylic acids is 1. The number of hydrogen-bond donors (Lipinski definition) is 3. The van der Waals surface area contributed by atoms with Gasteiger partial charge in [0.05, 0.1) is 5.56 Å². The molecule has 0 aliphatic rings. The average Bonchev–Trinajstić information content (AvgIpc) is 2.67. The maximum Gasteiger partial charge on any atom is 0.416 e. The normalized spacial score (nSPS) is 13.2. The molecule has 0 radical (unpaired) electrons. The summed E-state index contributed by atoms with van der Waals surface area (Å²) >= 11 is 0. The van der Waals surface area contributed by atoms with E-state index in [1.165, 1.54) is 30.3 Å². The third-order valence-electron chi connectivity index (χ3n) is 4.44. The molecule has 2 rings (SSSR count). The van der Waals surface area contributed by atoms with Gasteiger partial charge in [-0.2, -0.15) is 13.2 Å². The monoisotopic (exact) mass is 440 g/mol. The van der Waals surface area contributed by atoms with Crippen molar-refractivity contribution in [2.45, 2.75) is 38.0 Å². The Balaban J connectivity index is 2.24. The van der Waals surface area contributed by atoms with Crippen LogP contribution in [0.25, 0.3) is 0 Å². The summed E-state index contributed by atoms with van der Waals surface area (Å²) in [5.41, 5.74) is -1.22. The first-order valence-corrected chi connectivity index (χ1v) is 9.17. The third-order valence-corrected chi connectivity index (χ3v) is 4.44. The van der Waals surface area contributed by atoms with Crippen molar-refractivity contribution in [1.29, 1.82) is 0 Å². The molecule has 166 valence electrons. The highest BCUT2D eigenvalue weighted by atomic mass is 19.4. The molecule has 0 aliphatic carbocycles. The molecule has 0 heterocycles. The van der Waals surface area contributed by atoms with Gasteiger partial charge in [-0.25, -0.2) is 9.18 Å². The van der Waals surface area contributed by atoms with Crippen molar-refractivity contribution < 1.29 is 37.1 Å². The molecule has 0 saturated carbocycles. The minimum Gasteiger partial charge on any atom is -0.480 e. The van der Waals surface area contributed by atoms with Crippen LogP contribution in [-0.4, -0.2) is 35.0 Å². The van der Waals surface area contributed by atoms with Crippen molar-refractivity contribution in [3.8, 4) is 0 Å². The maximum absolute atomic E-state index is 13.9. The van der Waals surface area contributed by atoms with Gasteiger partial charge in [-0.05, 0) is 23.3 Å². The Bertz CT molecular complexity index is 962. The van der Waals surface area contributed by atoms with Gasteiger partial charge in [0.1, 0.15) is 17.9 Å². The van der Waals surface area contributed by atoms with Gasteiger partial charge in [0.15, 0.2) is 0 Å². The van der Waals surface area contributed by atoms with Gasteiger partial charge in [0.25, 0.3) is 0 Å². The van der Waals surface area contributed by atoms with E-state index in [9.17, 15) is 37.1 Å². The molecular formula is C21H20F4N2O4. The molecule has 10 heteroatoms. The molecule has 0 aromatic heterocycles. The second-order valence-corrected chi connectivity index (χ2v) is 6.81. The zero-order valence-electron chi connectivity index (χ0n) is 16.4. The van der Waals surface area contributed by atoms with Crippen LogP contribution in [0.5, 0.6) is 0 Å². The number of benzene rings is 2. The topological polar surface area (TPSA) is 95.5 Å². The van der Waals surface area contributed by atoms with E-state index in [1.807, 2.05) is 0 Å². The smallest absolute Gasteiger partial charge is 0.416 e. The number of nitrogens with one attached hydrogen (secondary N) is 2. The molecule has 2 aromatic rings. The molecule has 0 fully saturated rings. The molecule has 2 aromatic carbocycles. The van der Waals surface area contributed by atoms with Gasteiger partial charge in [-0.3, -0.25) is 9.59 Å². The van der Waals surface area contributed by atoms with Gasteiger partial charge in [-0.1, -0.05) is 36.4 Å². The number of rotatable bonds is 8. The molecule has 0 unspecified atom stereocenters. The van der Waals surface area contributed by atoms with Gasteiger partial charge in [-0.15, -0.1) is 0 Å². The van der Waals surface area contributed by atoms with Crippen molar-refractivity contribution in [1.82, 2.24) is 10.6 Å². The highest BCUT2D eigenvalue weighted by molar-refractivity contribution is 5.90. The van der Waals surface area contributed by atoms with E-state index < -0.39 is 53.8 Å². The fourth-order valence-corrected chi connectivity index (χ4v) is 3.01. The van der Waals surface area contributed by atoms with Crippen molar-refractivity contribution in [3.63, 3.8) is 0 Å². The lowest BCUT2D eigenvalue weighted by Crippen LogP contribution is -2.52. The summed E-state index contributed by atoms with van der Waals surface area (Å²) in [5.74, 6) is -3.77. The van der Waals surface area contributed by atoms with Gasteiger partial charge < -0.3 is 15.7 Å². The fraction of sp³-hybridized carbons (Fsp3) is 0.286. The first-order valence-electron chi connectivity index (χ1n) is 9.17. The average molecular weight is 440 g/mol. The van der Waals surface area contributed by atoms with Crippen molar-refractivity contribution in [3.05, 3.63) is 71.0 Å². The Morgan fingerprint density at radius 2 is 1.45 bits per heavy atom. The lowest BCUT2D eigenvalue weighted by atomic mass is 9.99. The van der Waals surface area contributed by atoms with E-state index in [0.29, 0.717) is 0 Å².